The quantitative estimate of drug-likeness (QED) is 0.598. The highest BCUT2D eigenvalue weighted by Gasteiger charge is 2.38. The molecule has 1 saturated heterocycles. The lowest BCUT2D eigenvalue weighted by Gasteiger charge is -2.43. The van der Waals surface area contributed by atoms with Crippen LogP contribution in [0.15, 0.2) is 36.7 Å². The minimum absolute atomic E-state index is 0.132. The molecular formula is C22H25N5O4. The summed E-state index contributed by atoms with van der Waals surface area (Å²) >= 11 is 0. The molecule has 1 fully saturated rings. The van der Waals surface area contributed by atoms with Gasteiger partial charge < -0.3 is 25.4 Å². The molecule has 0 aliphatic carbocycles. The van der Waals surface area contributed by atoms with Crippen molar-refractivity contribution in [2.45, 2.75) is 32.9 Å². The van der Waals surface area contributed by atoms with Gasteiger partial charge in [0.05, 0.1) is 23.9 Å². The number of likely N-dealkylation sites (tertiary alicyclic amines) is 1. The van der Waals surface area contributed by atoms with E-state index in [-0.39, 0.29) is 18.0 Å². The van der Waals surface area contributed by atoms with Crippen molar-refractivity contribution in [2.75, 3.05) is 18.9 Å². The number of aliphatic hydroxyl groups is 1. The van der Waals surface area contributed by atoms with Gasteiger partial charge in [0.1, 0.15) is 11.3 Å². The Balaban J connectivity index is 1.63. The fourth-order valence-corrected chi connectivity index (χ4v) is 3.69. The zero-order chi connectivity index (χ0) is 22.3. The van der Waals surface area contributed by atoms with Gasteiger partial charge in [-0.1, -0.05) is 0 Å². The molecule has 0 bridgehead atoms. The number of fused-ring (bicyclic) bond motifs is 1. The molecule has 0 radical (unpaired) electrons. The number of rotatable bonds is 4. The van der Waals surface area contributed by atoms with Crippen molar-refractivity contribution in [3.8, 4) is 11.5 Å². The number of hydrogen-bond donors (Lipinski definition) is 3. The second-order valence-corrected chi connectivity index (χ2v) is 7.70. The Kier molecular flexibility index (Phi) is 5.28. The number of anilines is 1. The molecule has 31 heavy (non-hydrogen) atoms. The zero-order valence-electron chi connectivity index (χ0n) is 17.8. The third kappa shape index (κ3) is 3.68. The van der Waals surface area contributed by atoms with Crippen LogP contribution in [0.25, 0.3) is 5.52 Å². The molecule has 0 spiro atoms. The number of aromatic nitrogens is 2. The second kappa shape index (κ2) is 7.92. The van der Waals surface area contributed by atoms with Crippen molar-refractivity contribution < 1.29 is 19.4 Å². The standard InChI is InChI=1S/C22H25N5O4/c1-12-9-15(5-6-17(12)25-22(30)23-4)31-19-7-8-24-27-10-16(13(2)20(19)27)21(29)26-11-18(28)14(26)3/h5-10,14,18,28H,11H2,1-4H3,(H2,23,25,30)/t14-,18-/m1/s1. The van der Waals surface area contributed by atoms with Gasteiger partial charge in [-0.25, -0.2) is 9.31 Å². The summed E-state index contributed by atoms with van der Waals surface area (Å²) in [7, 11) is 1.56. The van der Waals surface area contributed by atoms with Crippen LogP contribution in [-0.2, 0) is 0 Å². The van der Waals surface area contributed by atoms with Crippen LogP contribution in [-0.4, -0.2) is 57.3 Å². The van der Waals surface area contributed by atoms with Crippen molar-refractivity contribution >= 4 is 23.1 Å². The lowest BCUT2D eigenvalue weighted by Crippen LogP contribution is -2.60. The van der Waals surface area contributed by atoms with Crippen molar-refractivity contribution in [3.63, 3.8) is 0 Å². The first-order valence-electron chi connectivity index (χ1n) is 10.0. The van der Waals surface area contributed by atoms with Crippen LogP contribution in [0.3, 0.4) is 0 Å². The number of carbonyl (C=O) groups excluding carboxylic acids is 2. The average molecular weight is 423 g/mol. The summed E-state index contributed by atoms with van der Waals surface area (Å²) in [6, 6.07) is 6.62. The highest BCUT2D eigenvalue weighted by atomic mass is 16.5. The first-order chi connectivity index (χ1) is 14.8. The van der Waals surface area contributed by atoms with Gasteiger partial charge in [0.2, 0.25) is 0 Å². The number of urea groups is 1. The van der Waals surface area contributed by atoms with Crippen LogP contribution in [0.5, 0.6) is 11.5 Å². The third-order valence-corrected chi connectivity index (χ3v) is 5.71. The van der Waals surface area contributed by atoms with Gasteiger partial charge in [0.25, 0.3) is 5.91 Å². The Labute approximate surface area is 179 Å². The molecule has 3 N–H and O–H groups in total. The summed E-state index contributed by atoms with van der Waals surface area (Å²) in [6.45, 7) is 5.90. The van der Waals surface area contributed by atoms with E-state index in [9.17, 15) is 14.7 Å². The normalized spacial score (nSPS) is 17.9. The maximum Gasteiger partial charge on any atom is 0.318 e. The molecular weight excluding hydrogens is 398 g/mol. The van der Waals surface area contributed by atoms with Crippen LogP contribution >= 0.6 is 0 Å². The van der Waals surface area contributed by atoms with Gasteiger partial charge in [-0.15, -0.1) is 0 Å². The average Bonchev–Trinajstić information content (AvgIpc) is 3.10. The van der Waals surface area contributed by atoms with Gasteiger partial charge in [-0.05, 0) is 50.1 Å². The highest BCUT2D eigenvalue weighted by Crippen LogP contribution is 2.33. The summed E-state index contributed by atoms with van der Waals surface area (Å²) < 4.78 is 7.75. The molecule has 3 aromatic rings. The van der Waals surface area contributed by atoms with Crippen LogP contribution in [0.1, 0.15) is 28.4 Å². The second-order valence-electron chi connectivity index (χ2n) is 7.70. The van der Waals surface area contributed by atoms with E-state index in [0.717, 1.165) is 11.1 Å². The predicted molar refractivity (Wildman–Crippen MR) is 116 cm³/mol. The number of carbonyl (C=O) groups is 2. The number of aliphatic hydroxyl groups excluding tert-OH is 1. The molecule has 1 aliphatic heterocycles. The molecule has 1 aliphatic rings. The maximum atomic E-state index is 12.9. The van der Waals surface area contributed by atoms with E-state index in [2.05, 4.69) is 15.7 Å². The SMILES string of the molecule is CNC(=O)Nc1ccc(Oc2ccnn3cc(C(=O)N4C[C@@H](O)[C@H]4C)c(C)c23)cc1C. The molecule has 4 rings (SSSR count). The molecule has 0 saturated carbocycles. The minimum atomic E-state index is -0.484. The minimum Gasteiger partial charge on any atom is -0.455 e. The summed E-state index contributed by atoms with van der Waals surface area (Å²) in [5.74, 6) is 1.03. The largest absolute Gasteiger partial charge is 0.455 e. The van der Waals surface area contributed by atoms with Gasteiger partial charge in [0.15, 0.2) is 5.75 Å². The number of amides is 3. The number of nitrogens with zero attached hydrogens (tertiary/aromatic N) is 3. The number of nitrogens with one attached hydrogen (secondary N) is 2. The topological polar surface area (TPSA) is 108 Å². The maximum absolute atomic E-state index is 12.9. The Morgan fingerprint density at radius 1 is 1.26 bits per heavy atom. The van der Waals surface area contributed by atoms with Gasteiger partial charge in [-0.2, -0.15) is 5.10 Å². The Hall–Kier alpha value is -3.59. The lowest BCUT2D eigenvalue weighted by molar-refractivity contribution is -0.0357. The molecule has 9 heteroatoms. The van der Waals surface area contributed by atoms with E-state index < -0.39 is 6.10 Å². The van der Waals surface area contributed by atoms with Crippen LogP contribution < -0.4 is 15.4 Å². The lowest BCUT2D eigenvalue weighted by atomic mass is 9.99. The summed E-state index contributed by atoms with van der Waals surface area (Å²) in [5, 5.41) is 19.3. The number of β-amino-alcohol motifs (C(OH)–C–C–N with tert-alkyl or cyclic N) is 1. The summed E-state index contributed by atoms with van der Waals surface area (Å²) in [6.07, 6.45) is 2.82. The van der Waals surface area contributed by atoms with Gasteiger partial charge in [0, 0.05) is 31.5 Å². The molecule has 2 aromatic heterocycles. The molecule has 9 nitrogen and oxygen atoms in total. The van der Waals surface area contributed by atoms with E-state index in [1.54, 1.807) is 47.1 Å². The first kappa shape index (κ1) is 20.7. The number of hydrogen-bond acceptors (Lipinski definition) is 5. The van der Waals surface area contributed by atoms with E-state index in [4.69, 9.17) is 4.74 Å². The van der Waals surface area contributed by atoms with Gasteiger partial charge >= 0.3 is 6.03 Å². The first-order valence-corrected chi connectivity index (χ1v) is 10.0. The molecule has 0 unspecified atom stereocenters. The van der Waals surface area contributed by atoms with Crippen molar-refractivity contribution in [3.05, 3.63) is 53.3 Å². The van der Waals surface area contributed by atoms with Crippen LogP contribution in [0.4, 0.5) is 10.5 Å². The molecule has 162 valence electrons. The Bertz CT molecular complexity index is 1170. The summed E-state index contributed by atoms with van der Waals surface area (Å²) in [5.41, 5.74) is 3.52. The Morgan fingerprint density at radius 3 is 2.68 bits per heavy atom. The van der Waals surface area contributed by atoms with E-state index in [0.29, 0.717) is 34.8 Å². The van der Waals surface area contributed by atoms with E-state index in [1.165, 1.54) is 0 Å². The van der Waals surface area contributed by atoms with Crippen LogP contribution in [0.2, 0.25) is 0 Å². The molecule has 2 atom stereocenters. The number of ether oxygens (including phenoxy) is 1. The summed E-state index contributed by atoms with van der Waals surface area (Å²) in [4.78, 5) is 26.1. The third-order valence-electron chi connectivity index (χ3n) is 5.71. The smallest absolute Gasteiger partial charge is 0.318 e. The molecule has 3 amide bonds. The predicted octanol–water partition coefficient (Wildman–Crippen LogP) is 2.70. The number of aryl methyl sites for hydroxylation is 2. The van der Waals surface area contributed by atoms with Crippen molar-refractivity contribution in [2.24, 2.45) is 0 Å². The molecule has 1 aromatic carbocycles. The van der Waals surface area contributed by atoms with Crippen molar-refractivity contribution in [1.29, 1.82) is 0 Å². The fraction of sp³-hybridized carbons (Fsp3) is 0.318. The van der Waals surface area contributed by atoms with Crippen molar-refractivity contribution in [1.82, 2.24) is 19.8 Å². The van der Waals surface area contributed by atoms with Crippen LogP contribution in [0, 0.1) is 13.8 Å². The molecule has 3 heterocycles. The fourth-order valence-electron chi connectivity index (χ4n) is 3.69. The van der Waals surface area contributed by atoms with E-state index in [1.807, 2.05) is 26.8 Å². The zero-order valence-corrected chi connectivity index (χ0v) is 17.8. The number of benzene rings is 1. The van der Waals surface area contributed by atoms with Gasteiger partial charge in [-0.3, -0.25) is 4.79 Å². The Morgan fingerprint density at radius 2 is 2.03 bits per heavy atom. The highest BCUT2D eigenvalue weighted by molar-refractivity contribution is 5.99. The monoisotopic (exact) mass is 423 g/mol. The van der Waals surface area contributed by atoms with E-state index >= 15 is 0 Å².